The minimum atomic E-state index is 0.108. The van der Waals surface area contributed by atoms with E-state index in [-0.39, 0.29) is 12.1 Å². The molecule has 1 aromatic carbocycles. The average molecular weight is 288 g/mol. The topological polar surface area (TPSA) is 47.3 Å². The summed E-state index contributed by atoms with van der Waals surface area (Å²) in [6.07, 6.45) is 7.69. The normalized spacial score (nSPS) is 30.7. The van der Waals surface area contributed by atoms with Crippen LogP contribution in [0.1, 0.15) is 56.3 Å². The summed E-state index contributed by atoms with van der Waals surface area (Å²) < 4.78 is 6.16. The third kappa shape index (κ3) is 3.01. The first kappa shape index (κ1) is 15.0. The zero-order valence-electron chi connectivity index (χ0n) is 13.1. The number of nitrogens with one attached hydrogen (secondary N) is 1. The molecule has 1 aliphatic heterocycles. The van der Waals surface area contributed by atoms with E-state index in [0.29, 0.717) is 5.92 Å². The standard InChI is InChI=1S/C18H28N2O/c1-2-13-7-3-5-9-15(13)17(20-19)18-16-10-6-4-8-14(16)11-12-21-18/h4,6,8,10,13,15,17-18,20H,2-3,5,7,9,11-12,19H2,1H3. The summed E-state index contributed by atoms with van der Waals surface area (Å²) in [6.45, 7) is 3.12. The zero-order chi connectivity index (χ0) is 14.7. The maximum atomic E-state index is 6.16. The Morgan fingerprint density at radius 1 is 1.29 bits per heavy atom. The van der Waals surface area contributed by atoms with E-state index in [4.69, 9.17) is 10.6 Å². The Morgan fingerprint density at radius 2 is 2.10 bits per heavy atom. The van der Waals surface area contributed by atoms with E-state index < -0.39 is 0 Å². The molecule has 0 bridgehead atoms. The Bertz CT molecular complexity index is 462. The molecule has 3 N–H and O–H groups in total. The number of hydrogen-bond donors (Lipinski definition) is 2. The Labute approximate surface area is 128 Å². The predicted octanol–water partition coefficient (Wildman–Crippen LogP) is 3.35. The number of benzene rings is 1. The van der Waals surface area contributed by atoms with Crippen molar-refractivity contribution >= 4 is 0 Å². The summed E-state index contributed by atoms with van der Waals surface area (Å²) in [4.78, 5) is 0. The molecule has 0 spiro atoms. The molecule has 3 rings (SSSR count). The molecule has 21 heavy (non-hydrogen) atoms. The van der Waals surface area contributed by atoms with Crippen LogP contribution >= 0.6 is 0 Å². The first-order valence-electron chi connectivity index (χ1n) is 8.50. The van der Waals surface area contributed by atoms with Crippen LogP contribution in [-0.2, 0) is 11.2 Å². The average Bonchev–Trinajstić information content (AvgIpc) is 2.56. The fourth-order valence-corrected chi connectivity index (χ4v) is 4.37. The molecule has 3 nitrogen and oxygen atoms in total. The van der Waals surface area contributed by atoms with Crippen LogP contribution in [0.5, 0.6) is 0 Å². The first-order chi connectivity index (χ1) is 10.3. The minimum Gasteiger partial charge on any atom is -0.371 e. The van der Waals surface area contributed by atoms with E-state index in [0.717, 1.165) is 18.9 Å². The molecule has 0 aromatic heterocycles. The van der Waals surface area contributed by atoms with Gasteiger partial charge in [-0.15, -0.1) is 0 Å². The van der Waals surface area contributed by atoms with Gasteiger partial charge in [0, 0.05) is 0 Å². The number of nitrogens with two attached hydrogens (primary N) is 1. The van der Waals surface area contributed by atoms with Gasteiger partial charge in [0.25, 0.3) is 0 Å². The van der Waals surface area contributed by atoms with Crippen LogP contribution in [0.3, 0.4) is 0 Å². The lowest BCUT2D eigenvalue weighted by Crippen LogP contribution is -2.49. The lowest BCUT2D eigenvalue weighted by molar-refractivity contribution is -0.0164. The highest BCUT2D eigenvalue weighted by Crippen LogP contribution is 2.40. The molecule has 1 aliphatic carbocycles. The van der Waals surface area contributed by atoms with E-state index in [1.807, 2.05) is 0 Å². The van der Waals surface area contributed by atoms with Crippen LogP contribution in [0, 0.1) is 11.8 Å². The number of fused-ring (bicyclic) bond motifs is 1. The largest absolute Gasteiger partial charge is 0.371 e. The van der Waals surface area contributed by atoms with Gasteiger partial charge in [0.15, 0.2) is 0 Å². The highest BCUT2D eigenvalue weighted by atomic mass is 16.5. The molecule has 1 heterocycles. The Hall–Kier alpha value is -0.900. The van der Waals surface area contributed by atoms with Gasteiger partial charge in [-0.25, -0.2) is 0 Å². The second-order valence-electron chi connectivity index (χ2n) is 6.55. The molecule has 4 atom stereocenters. The summed E-state index contributed by atoms with van der Waals surface area (Å²) in [7, 11) is 0. The van der Waals surface area contributed by atoms with Crippen LogP contribution in [0.25, 0.3) is 0 Å². The van der Waals surface area contributed by atoms with Crippen molar-refractivity contribution in [3.8, 4) is 0 Å². The Morgan fingerprint density at radius 3 is 2.90 bits per heavy atom. The summed E-state index contributed by atoms with van der Waals surface area (Å²) in [5.41, 5.74) is 5.89. The molecule has 1 saturated carbocycles. The molecule has 0 amide bonds. The van der Waals surface area contributed by atoms with Crippen LogP contribution in [-0.4, -0.2) is 12.6 Å². The zero-order valence-corrected chi connectivity index (χ0v) is 13.1. The number of hydrogen-bond acceptors (Lipinski definition) is 3. The summed E-state index contributed by atoms with van der Waals surface area (Å²) in [6, 6.07) is 8.93. The van der Waals surface area contributed by atoms with Gasteiger partial charge in [0.2, 0.25) is 0 Å². The summed E-state index contributed by atoms with van der Waals surface area (Å²) >= 11 is 0. The maximum Gasteiger partial charge on any atom is 0.0996 e. The molecule has 0 saturated heterocycles. The van der Waals surface area contributed by atoms with Gasteiger partial charge >= 0.3 is 0 Å². The van der Waals surface area contributed by atoms with Gasteiger partial charge in [0.1, 0.15) is 0 Å². The lowest BCUT2D eigenvalue weighted by Gasteiger charge is -2.41. The molecule has 2 aliphatic rings. The highest BCUT2D eigenvalue weighted by molar-refractivity contribution is 5.32. The minimum absolute atomic E-state index is 0.108. The van der Waals surface area contributed by atoms with E-state index in [9.17, 15) is 0 Å². The Kier molecular flexibility index (Phi) is 4.94. The monoisotopic (exact) mass is 288 g/mol. The Balaban J connectivity index is 1.86. The van der Waals surface area contributed by atoms with Gasteiger partial charge in [-0.2, -0.15) is 0 Å². The quantitative estimate of drug-likeness (QED) is 0.660. The van der Waals surface area contributed by atoms with E-state index in [1.54, 1.807) is 0 Å². The molecular formula is C18H28N2O. The van der Waals surface area contributed by atoms with Crippen molar-refractivity contribution in [3.05, 3.63) is 35.4 Å². The van der Waals surface area contributed by atoms with Crippen molar-refractivity contribution in [2.45, 2.75) is 57.6 Å². The van der Waals surface area contributed by atoms with Crippen LogP contribution in [0.15, 0.2) is 24.3 Å². The van der Waals surface area contributed by atoms with Crippen molar-refractivity contribution < 1.29 is 4.74 Å². The lowest BCUT2D eigenvalue weighted by atomic mass is 9.71. The third-order valence-electron chi connectivity index (χ3n) is 5.50. The number of hydrazine groups is 1. The first-order valence-corrected chi connectivity index (χ1v) is 8.50. The van der Waals surface area contributed by atoms with Crippen LogP contribution < -0.4 is 11.3 Å². The van der Waals surface area contributed by atoms with Gasteiger partial charge in [-0.1, -0.05) is 56.9 Å². The van der Waals surface area contributed by atoms with E-state index in [1.165, 1.54) is 43.2 Å². The molecule has 3 heteroatoms. The SMILES string of the molecule is CCC1CCCCC1C(NN)C1OCCc2ccccc21. The highest BCUT2D eigenvalue weighted by Gasteiger charge is 2.37. The molecule has 1 fully saturated rings. The van der Waals surface area contributed by atoms with Crippen molar-refractivity contribution in [2.24, 2.45) is 17.7 Å². The second-order valence-corrected chi connectivity index (χ2v) is 6.55. The van der Waals surface area contributed by atoms with Gasteiger partial charge in [-0.05, 0) is 35.8 Å². The second kappa shape index (κ2) is 6.91. The molecule has 1 aromatic rings. The number of ether oxygens (including phenoxy) is 1. The van der Waals surface area contributed by atoms with Gasteiger partial charge in [-0.3, -0.25) is 11.3 Å². The van der Waals surface area contributed by atoms with Crippen molar-refractivity contribution in [2.75, 3.05) is 6.61 Å². The number of rotatable bonds is 4. The molecule has 0 radical (unpaired) electrons. The van der Waals surface area contributed by atoms with E-state index >= 15 is 0 Å². The van der Waals surface area contributed by atoms with Crippen LogP contribution in [0.4, 0.5) is 0 Å². The fourth-order valence-electron chi connectivity index (χ4n) is 4.37. The van der Waals surface area contributed by atoms with Gasteiger partial charge < -0.3 is 4.74 Å². The fraction of sp³-hybridized carbons (Fsp3) is 0.667. The predicted molar refractivity (Wildman–Crippen MR) is 85.7 cm³/mol. The summed E-state index contributed by atoms with van der Waals surface area (Å²) in [5, 5.41) is 0. The van der Waals surface area contributed by atoms with E-state index in [2.05, 4.69) is 36.6 Å². The van der Waals surface area contributed by atoms with Crippen LogP contribution in [0.2, 0.25) is 0 Å². The molecular weight excluding hydrogens is 260 g/mol. The van der Waals surface area contributed by atoms with Crippen molar-refractivity contribution in [1.82, 2.24) is 5.43 Å². The maximum absolute atomic E-state index is 6.16. The molecule has 4 unspecified atom stereocenters. The molecule has 116 valence electrons. The van der Waals surface area contributed by atoms with Crippen molar-refractivity contribution in [1.29, 1.82) is 0 Å². The third-order valence-corrected chi connectivity index (χ3v) is 5.50. The smallest absolute Gasteiger partial charge is 0.0996 e. The van der Waals surface area contributed by atoms with Crippen molar-refractivity contribution in [3.63, 3.8) is 0 Å². The summed E-state index contributed by atoms with van der Waals surface area (Å²) in [5.74, 6) is 7.38. The van der Waals surface area contributed by atoms with Gasteiger partial charge in [0.05, 0.1) is 18.8 Å².